The van der Waals surface area contributed by atoms with Crippen LogP contribution in [0.4, 0.5) is 13.2 Å². The molecular weight excluding hydrogens is 221 g/mol. The summed E-state index contributed by atoms with van der Waals surface area (Å²) >= 11 is 0. The highest BCUT2D eigenvalue weighted by molar-refractivity contribution is 6.01. The molecule has 86 valence electrons. The Morgan fingerprint density at radius 2 is 1.94 bits per heavy atom. The lowest BCUT2D eigenvalue weighted by Crippen LogP contribution is -2.08. The van der Waals surface area contributed by atoms with Crippen molar-refractivity contribution in [2.45, 2.75) is 19.0 Å². The third-order valence-electron chi connectivity index (χ3n) is 2.54. The fourth-order valence-electron chi connectivity index (χ4n) is 1.48. The lowest BCUT2D eigenvalue weighted by molar-refractivity contribution is -0.137. The molecule has 1 N–H and O–H groups in total. The van der Waals surface area contributed by atoms with E-state index in [0.717, 1.165) is 18.2 Å². The Morgan fingerprint density at radius 1 is 1.31 bits per heavy atom. The fourth-order valence-corrected chi connectivity index (χ4v) is 1.48. The number of hydrogen-bond donors (Lipinski definition) is 1. The van der Waals surface area contributed by atoms with E-state index in [-0.39, 0.29) is 17.2 Å². The van der Waals surface area contributed by atoms with E-state index in [4.69, 9.17) is 0 Å². The molecule has 5 heteroatoms. The second-order valence-corrected chi connectivity index (χ2v) is 3.87. The lowest BCUT2D eigenvalue weighted by Gasteiger charge is -2.09. The van der Waals surface area contributed by atoms with Crippen LogP contribution >= 0.6 is 0 Å². The monoisotopic (exact) mass is 230 g/mol. The summed E-state index contributed by atoms with van der Waals surface area (Å²) in [4.78, 5) is 11.6. The summed E-state index contributed by atoms with van der Waals surface area (Å²) in [5.41, 5.74) is -1.13. The normalized spacial score (nSPS) is 16.2. The zero-order chi connectivity index (χ0) is 11.9. The average Bonchev–Trinajstić information content (AvgIpc) is 2.98. The van der Waals surface area contributed by atoms with Gasteiger partial charge in [-0.25, -0.2) is 0 Å². The Labute approximate surface area is 89.7 Å². The van der Waals surface area contributed by atoms with Gasteiger partial charge in [0.05, 0.1) is 11.1 Å². The maximum absolute atomic E-state index is 12.4. The zero-order valence-corrected chi connectivity index (χ0v) is 8.21. The van der Waals surface area contributed by atoms with E-state index in [9.17, 15) is 23.1 Å². The Morgan fingerprint density at radius 3 is 2.44 bits per heavy atom. The van der Waals surface area contributed by atoms with Crippen LogP contribution in [0.2, 0.25) is 0 Å². The Bertz CT molecular complexity index is 433. The molecule has 1 saturated carbocycles. The second kappa shape index (κ2) is 3.50. The third-order valence-corrected chi connectivity index (χ3v) is 2.54. The van der Waals surface area contributed by atoms with Crippen molar-refractivity contribution in [1.82, 2.24) is 0 Å². The number of Topliss-reactive ketones (excluding diaryl/α,β-unsaturated/α-hetero) is 1. The predicted octanol–water partition coefficient (Wildman–Crippen LogP) is 3.00. The number of carbonyl (C=O) groups is 1. The van der Waals surface area contributed by atoms with Gasteiger partial charge in [-0.1, -0.05) is 0 Å². The largest absolute Gasteiger partial charge is 0.507 e. The SMILES string of the molecule is O=C(c1cc(C(F)(F)F)ccc1O)C1CC1. The average molecular weight is 230 g/mol. The second-order valence-electron chi connectivity index (χ2n) is 3.87. The molecule has 2 rings (SSSR count). The van der Waals surface area contributed by atoms with Gasteiger partial charge >= 0.3 is 6.18 Å². The van der Waals surface area contributed by atoms with Crippen LogP contribution in [0.25, 0.3) is 0 Å². The van der Waals surface area contributed by atoms with E-state index in [2.05, 4.69) is 0 Å². The van der Waals surface area contributed by atoms with Crippen molar-refractivity contribution in [1.29, 1.82) is 0 Å². The summed E-state index contributed by atoms with van der Waals surface area (Å²) < 4.78 is 37.2. The van der Waals surface area contributed by atoms with Gasteiger partial charge in [0.2, 0.25) is 0 Å². The molecule has 0 spiro atoms. The van der Waals surface area contributed by atoms with Crippen LogP contribution in [-0.4, -0.2) is 10.9 Å². The number of halogens is 3. The van der Waals surface area contributed by atoms with Gasteiger partial charge in [0.25, 0.3) is 0 Å². The van der Waals surface area contributed by atoms with Gasteiger partial charge in [0.15, 0.2) is 5.78 Å². The first-order valence-electron chi connectivity index (χ1n) is 4.84. The summed E-state index contributed by atoms with van der Waals surface area (Å²) in [5, 5.41) is 9.36. The summed E-state index contributed by atoms with van der Waals surface area (Å²) in [5.74, 6) is -0.997. The van der Waals surface area contributed by atoms with Crippen molar-refractivity contribution in [2.24, 2.45) is 5.92 Å². The molecule has 2 nitrogen and oxygen atoms in total. The maximum Gasteiger partial charge on any atom is 0.416 e. The molecule has 1 fully saturated rings. The van der Waals surface area contributed by atoms with Gasteiger partial charge in [-0.15, -0.1) is 0 Å². The summed E-state index contributed by atoms with van der Waals surface area (Å²) in [6, 6.07) is 2.40. The molecule has 0 amide bonds. The number of benzene rings is 1. The summed E-state index contributed by atoms with van der Waals surface area (Å²) in [7, 11) is 0. The number of phenolic OH excluding ortho intramolecular Hbond substituents is 1. The molecule has 0 atom stereocenters. The van der Waals surface area contributed by atoms with Gasteiger partial charge in [-0.3, -0.25) is 4.79 Å². The first kappa shape index (κ1) is 11.0. The van der Waals surface area contributed by atoms with Gasteiger partial charge < -0.3 is 5.11 Å². The number of rotatable bonds is 2. The van der Waals surface area contributed by atoms with Crippen molar-refractivity contribution in [3.8, 4) is 5.75 Å². The van der Waals surface area contributed by atoms with E-state index in [0.29, 0.717) is 12.8 Å². The number of phenols is 1. The van der Waals surface area contributed by atoms with E-state index in [1.54, 1.807) is 0 Å². The Hall–Kier alpha value is -1.52. The number of hydrogen-bond acceptors (Lipinski definition) is 2. The highest BCUT2D eigenvalue weighted by atomic mass is 19.4. The molecule has 0 heterocycles. The molecule has 0 bridgehead atoms. The van der Waals surface area contributed by atoms with E-state index in [1.807, 2.05) is 0 Å². The van der Waals surface area contributed by atoms with Crippen molar-refractivity contribution in [2.75, 3.05) is 0 Å². The molecule has 0 aliphatic heterocycles. The van der Waals surface area contributed by atoms with Crippen LogP contribution in [0.3, 0.4) is 0 Å². The van der Waals surface area contributed by atoms with Crippen LogP contribution in [-0.2, 0) is 6.18 Å². The number of alkyl halides is 3. The topological polar surface area (TPSA) is 37.3 Å². The van der Waals surface area contributed by atoms with Crippen molar-refractivity contribution in [3.05, 3.63) is 29.3 Å². The minimum absolute atomic E-state index is 0.214. The van der Waals surface area contributed by atoms with E-state index >= 15 is 0 Å². The minimum Gasteiger partial charge on any atom is -0.507 e. The molecular formula is C11H9F3O2. The van der Waals surface area contributed by atoms with Crippen molar-refractivity contribution < 1.29 is 23.1 Å². The van der Waals surface area contributed by atoms with Crippen LogP contribution < -0.4 is 0 Å². The first-order valence-corrected chi connectivity index (χ1v) is 4.84. The third kappa shape index (κ3) is 2.03. The van der Waals surface area contributed by atoms with Gasteiger partial charge in [0.1, 0.15) is 5.75 Å². The maximum atomic E-state index is 12.4. The van der Waals surface area contributed by atoms with Crippen LogP contribution in [0.15, 0.2) is 18.2 Å². The zero-order valence-electron chi connectivity index (χ0n) is 8.21. The molecule has 0 unspecified atom stereocenters. The van der Waals surface area contributed by atoms with Gasteiger partial charge in [-0.05, 0) is 31.0 Å². The van der Waals surface area contributed by atoms with Gasteiger partial charge in [0, 0.05) is 5.92 Å². The molecule has 1 aromatic carbocycles. The van der Waals surface area contributed by atoms with E-state index < -0.39 is 17.5 Å². The molecule has 0 radical (unpaired) electrons. The Balaban J connectivity index is 2.40. The van der Waals surface area contributed by atoms with E-state index in [1.165, 1.54) is 0 Å². The van der Waals surface area contributed by atoms with Crippen LogP contribution in [0.1, 0.15) is 28.8 Å². The quantitative estimate of drug-likeness (QED) is 0.793. The molecule has 1 aliphatic rings. The standard InChI is InChI=1S/C11H9F3O2/c12-11(13,14)7-3-4-9(15)8(5-7)10(16)6-1-2-6/h3-6,15H,1-2H2. The Kier molecular flexibility index (Phi) is 2.40. The van der Waals surface area contributed by atoms with Crippen LogP contribution in [0, 0.1) is 5.92 Å². The summed E-state index contributed by atoms with van der Waals surface area (Å²) in [6.45, 7) is 0. The number of carbonyl (C=O) groups excluding carboxylic acids is 1. The minimum atomic E-state index is -4.49. The lowest BCUT2D eigenvalue weighted by atomic mass is 10.0. The molecule has 16 heavy (non-hydrogen) atoms. The molecule has 0 aromatic heterocycles. The molecule has 0 saturated heterocycles. The highest BCUT2D eigenvalue weighted by Gasteiger charge is 2.35. The molecule has 1 aromatic rings. The van der Waals surface area contributed by atoms with Gasteiger partial charge in [-0.2, -0.15) is 13.2 Å². The highest BCUT2D eigenvalue weighted by Crippen LogP contribution is 2.37. The first-order chi connectivity index (χ1) is 7.39. The van der Waals surface area contributed by atoms with Crippen molar-refractivity contribution in [3.63, 3.8) is 0 Å². The van der Waals surface area contributed by atoms with Crippen LogP contribution in [0.5, 0.6) is 5.75 Å². The number of aromatic hydroxyl groups is 1. The smallest absolute Gasteiger partial charge is 0.416 e. The number of ketones is 1. The van der Waals surface area contributed by atoms with Crippen molar-refractivity contribution >= 4 is 5.78 Å². The predicted molar refractivity (Wildman–Crippen MR) is 50.2 cm³/mol. The summed E-state index contributed by atoms with van der Waals surface area (Å²) in [6.07, 6.45) is -3.12. The molecule has 1 aliphatic carbocycles. The fraction of sp³-hybridized carbons (Fsp3) is 0.364.